The summed E-state index contributed by atoms with van der Waals surface area (Å²) in [5.74, 6) is 0.343. The predicted molar refractivity (Wildman–Crippen MR) is 183 cm³/mol. The van der Waals surface area contributed by atoms with Crippen LogP contribution in [0, 0.1) is 0 Å². The smallest absolute Gasteiger partial charge is 0.128 e. The van der Waals surface area contributed by atoms with E-state index in [4.69, 9.17) is 4.52 Å². The first-order valence-corrected chi connectivity index (χ1v) is 20.2. The molecule has 0 radical (unpaired) electrons. The number of phosphoric ester groups is 1. The van der Waals surface area contributed by atoms with Crippen molar-refractivity contribution in [3.63, 3.8) is 0 Å². The van der Waals surface area contributed by atoms with E-state index in [1.165, 1.54) is 145 Å². The van der Waals surface area contributed by atoms with E-state index in [2.05, 4.69) is 27.7 Å². The van der Waals surface area contributed by atoms with E-state index in [-0.39, 0.29) is 0 Å². The number of hydrogen-bond acceptors (Lipinski definition) is 4. The maximum absolute atomic E-state index is 12.0. The van der Waals surface area contributed by atoms with E-state index in [1.54, 1.807) is 0 Å². The zero-order valence-electron chi connectivity index (χ0n) is 29.0. The Kier molecular flexibility index (Phi) is 24.7. The highest BCUT2D eigenvalue weighted by molar-refractivity contribution is 7.43. The molecule has 0 bridgehead atoms. The van der Waals surface area contributed by atoms with Crippen molar-refractivity contribution in [2.24, 2.45) is 0 Å². The van der Waals surface area contributed by atoms with Crippen molar-refractivity contribution in [3.05, 3.63) is 28.3 Å². The Labute approximate surface area is 267 Å². The van der Waals surface area contributed by atoms with Crippen molar-refractivity contribution in [1.82, 2.24) is 0 Å². The molecule has 0 fully saturated rings. The number of hydrogen-bond donors (Lipinski definition) is 0. The topological polar surface area (TPSA) is 72.4 Å². The van der Waals surface area contributed by atoms with Crippen molar-refractivity contribution in [1.29, 1.82) is 0 Å². The third-order valence-electron chi connectivity index (χ3n) is 9.07. The number of unbranched alkanes of at least 4 members (excludes halogenated alkanes) is 20. The van der Waals surface area contributed by atoms with E-state index in [1.807, 2.05) is 6.07 Å². The van der Waals surface area contributed by atoms with Crippen molar-refractivity contribution < 1.29 is 18.9 Å². The van der Waals surface area contributed by atoms with Gasteiger partial charge in [-0.05, 0) is 79.7 Å². The second-order valence-corrected chi connectivity index (χ2v) is 14.2. The van der Waals surface area contributed by atoms with E-state index < -0.39 is 7.82 Å². The zero-order valence-corrected chi connectivity index (χ0v) is 29.9. The van der Waals surface area contributed by atoms with E-state index in [0.29, 0.717) is 5.75 Å². The SMILES string of the molecule is CCCCCCCCc1cc(OP(=O)([O-])[O-])c(CCCCCCCC)c(CCCCCCCC)c1CCCCCCCC. The lowest BCUT2D eigenvalue weighted by atomic mass is 9.85. The van der Waals surface area contributed by atoms with Crippen LogP contribution in [-0.4, -0.2) is 0 Å². The molecule has 0 saturated carbocycles. The fourth-order valence-corrected chi connectivity index (χ4v) is 6.92. The Morgan fingerprint density at radius 1 is 0.465 bits per heavy atom. The van der Waals surface area contributed by atoms with Crippen LogP contribution in [0.1, 0.15) is 204 Å². The molecule has 1 rings (SSSR count). The molecule has 1 aromatic carbocycles. The second kappa shape index (κ2) is 26.4. The molecule has 0 aromatic heterocycles. The first-order chi connectivity index (χ1) is 20.9. The molecule has 0 aliphatic rings. The molecule has 0 amide bonds. The fourth-order valence-electron chi connectivity index (χ4n) is 6.51. The average Bonchev–Trinajstić information content (AvgIpc) is 2.97. The Morgan fingerprint density at radius 3 is 1.19 bits per heavy atom. The van der Waals surface area contributed by atoms with Crippen molar-refractivity contribution >= 4 is 7.82 Å². The molecule has 0 spiro atoms. The van der Waals surface area contributed by atoms with Crippen molar-refractivity contribution in [2.75, 3.05) is 0 Å². The van der Waals surface area contributed by atoms with Gasteiger partial charge in [-0.25, -0.2) is 0 Å². The maximum Gasteiger partial charge on any atom is 0.128 e. The van der Waals surface area contributed by atoms with E-state index >= 15 is 0 Å². The summed E-state index contributed by atoms with van der Waals surface area (Å²) in [6.07, 6.45) is 33.2. The number of phosphoric acid groups is 1. The second-order valence-electron chi connectivity index (χ2n) is 13.1. The van der Waals surface area contributed by atoms with Gasteiger partial charge in [0, 0.05) is 0 Å². The van der Waals surface area contributed by atoms with Crippen LogP contribution in [-0.2, 0) is 30.2 Å². The Hall–Kier alpha value is -0.830. The van der Waals surface area contributed by atoms with Crippen molar-refractivity contribution in [2.45, 2.75) is 207 Å². The summed E-state index contributed by atoms with van der Waals surface area (Å²) in [4.78, 5) is 24.0. The summed E-state index contributed by atoms with van der Waals surface area (Å²) < 4.78 is 17.3. The van der Waals surface area contributed by atoms with Crippen LogP contribution in [0.4, 0.5) is 0 Å². The maximum atomic E-state index is 12.0. The van der Waals surface area contributed by atoms with Gasteiger partial charge in [0.25, 0.3) is 0 Å². The number of rotatable bonds is 30. The summed E-state index contributed by atoms with van der Waals surface area (Å²) in [7, 11) is -5.15. The van der Waals surface area contributed by atoms with Gasteiger partial charge in [-0.15, -0.1) is 0 Å². The molecule has 0 aliphatic carbocycles. The van der Waals surface area contributed by atoms with Crippen molar-refractivity contribution in [3.8, 4) is 5.75 Å². The van der Waals surface area contributed by atoms with Gasteiger partial charge < -0.3 is 18.9 Å². The average molecular weight is 621 g/mol. The molecule has 5 heteroatoms. The molecule has 252 valence electrons. The number of aryl methyl sites for hydroxylation is 1. The lowest BCUT2D eigenvalue weighted by Crippen LogP contribution is -2.20. The van der Waals surface area contributed by atoms with E-state index in [0.717, 1.165) is 56.9 Å². The fraction of sp³-hybridized carbons (Fsp3) is 0.842. The van der Waals surface area contributed by atoms with Crippen LogP contribution in [0.5, 0.6) is 5.75 Å². The van der Waals surface area contributed by atoms with Crippen LogP contribution in [0.25, 0.3) is 0 Å². The summed E-state index contributed by atoms with van der Waals surface area (Å²) in [6, 6.07) is 1.97. The minimum Gasteiger partial charge on any atom is -0.780 e. The van der Waals surface area contributed by atoms with Gasteiger partial charge in [-0.1, -0.05) is 156 Å². The lowest BCUT2D eigenvalue weighted by Gasteiger charge is -2.32. The van der Waals surface area contributed by atoms with Gasteiger partial charge in [0.1, 0.15) is 13.6 Å². The molecule has 0 heterocycles. The van der Waals surface area contributed by atoms with Crippen LogP contribution in [0.2, 0.25) is 0 Å². The van der Waals surface area contributed by atoms with E-state index in [9.17, 15) is 14.4 Å². The molecule has 0 N–H and O–H groups in total. The van der Waals surface area contributed by atoms with Gasteiger partial charge in [-0.2, -0.15) is 0 Å². The van der Waals surface area contributed by atoms with Gasteiger partial charge in [0.2, 0.25) is 0 Å². The third kappa shape index (κ3) is 20.0. The summed E-state index contributed by atoms with van der Waals surface area (Å²) >= 11 is 0. The normalized spacial score (nSPS) is 11.9. The highest BCUT2D eigenvalue weighted by Crippen LogP contribution is 2.39. The molecular weight excluding hydrogens is 551 g/mol. The standard InChI is InChI=1S/C38H71O4P/c1-5-9-13-17-21-25-29-34-33-38(42-43(39,40)41)37(32-28-24-20-16-12-8-4)36(31-27-23-19-15-11-7-3)35(34)30-26-22-18-14-10-6-2/h33H,5-32H2,1-4H3,(H2,39,40,41)/p-2. The first kappa shape index (κ1) is 40.2. The van der Waals surface area contributed by atoms with Gasteiger partial charge in [0.05, 0.1) is 0 Å². The first-order valence-electron chi connectivity index (χ1n) is 18.8. The number of benzene rings is 1. The molecule has 43 heavy (non-hydrogen) atoms. The van der Waals surface area contributed by atoms with Gasteiger partial charge in [-0.3, -0.25) is 0 Å². The molecule has 0 aliphatic heterocycles. The molecule has 0 atom stereocenters. The van der Waals surface area contributed by atoms with Crippen LogP contribution >= 0.6 is 7.82 Å². The van der Waals surface area contributed by atoms with Gasteiger partial charge >= 0.3 is 0 Å². The summed E-state index contributed by atoms with van der Waals surface area (Å²) in [6.45, 7) is 9.00. The predicted octanol–water partition coefficient (Wildman–Crippen LogP) is 11.5. The minimum absolute atomic E-state index is 0.343. The third-order valence-corrected chi connectivity index (χ3v) is 9.49. The highest BCUT2D eigenvalue weighted by Gasteiger charge is 2.19. The summed E-state index contributed by atoms with van der Waals surface area (Å²) in [5.41, 5.74) is 5.03. The lowest BCUT2D eigenvalue weighted by molar-refractivity contribution is -0.333. The largest absolute Gasteiger partial charge is 0.780 e. The molecule has 0 unspecified atom stereocenters. The van der Waals surface area contributed by atoms with Crippen LogP contribution in [0.15, 0.2) is 6.07 Å². The molecule has 1 aromatic rings. The Bertz CT molecular complexity index is 847. The Balaban J connectivity index is 3.34. The minimum atomic E-state index is -5.15. The quantitative estimate of drug-likeness (QED) is 0.0633. The highest BCUT2D eigenvalue weighted by atomic mass is 31.2. The van der Waals surface area contributed by atoms with Crippen LogP contribution < -0.4 is 14.3 Å². The monoisotopic (exact) mass is 620 g/mol. The molecule has 4 nitrogen and oxygen atoms in total. The van der Waals surface area contributed by atoms with Gasteiger partial charge in [0.15, 0.2) is 0 Å². The molecular formula is C38H69O4P-2. The summed E-state index contributed by atoms with van der Waals surface area (Å²) in [5, 5.41) is 0. The molecule has 0 saturated heterocycles. The Morgan fingerprint density at radius 2 is 0.791 bits per heavy atom. The van der Waals surface area contributed by atoms with Crippen LogP contribution in [0.3, 0.4) is 0 Å². The zero-order chi connectivity index (χ0) is 31.6.